The summed E-state index contributed by atoms with van der Waals surface area (Å²) in [7, 11) is 0. The van der Waals surface area contributed by atoms with Crippen LogP contribution in [0.3, 0.4) is 0 Å². The average molecular weight is 324 g/mol. The predicted molar refractivity (Wildman–Crippen MR) is 96.1 cm³/mol. The fraction of sp³-hybridized carbons (Fsp3) is 0.333. The Morgan fingerprint density at radius 2 is 1.62 bits per heavy atom. The van der Waals surface area contributed by atoms with Gasteiger partial charge < -0.3 is 14.2 Å². The van der Waals surface area contributed by atoms with E-state index in [2.05, 4.69) is 19.0 Å². The van der Waals surface area contributed by atoms with Crippen molar-refractivity contribution in [3.8, 4) is 23.5 Å². The molecule has 0 aliphatic rings. The third-order valence-electron chi connectivity index (χ3n) is 3.51. The molecule has 1 atom stereocenters. The van der Waals surface area contributed by atoms with Crippen LogP contribution in [0.4, 0.5) is 0 Å². The van der Waals surface area contributed by atoms with E-state index in [4.69, 9.17) is 14.2 Å². The second-order valence-corrected chi connectivity index (χ2v) is 5.48. The summed E-state index contributed by atoms with van der Waals surface area (Å²) in [6, 6.07) is 17.3. The quantitative estimate of drug-likeness (QED) is 0.687. The van der Waals surface area contributed by atoms with Crippen LogP contribution in [0.2, 0.25) is 0 Å². The Balaban J connectivity index is 2.19. The zero-order chi connectivity index (χ0) is 17.3. The van der Waals surface area contributed by atoms with Gasteiger partial charge in [0.2, 0.25) is 0 Å². The number of hydrogen-bond donors (Lipinski definition) is 0. The third kappa shape index (κ3) is 5.04. The van der Waals surface area contributed by atoms with Crippen molar-refractivity contribution in [1.29, 1.82) is 0 Å². The zero-order valence-electron chi connectivity index (χ0n) is 14.5. The third-order valence-corrected chi connectivity index (χ3v) is 3.51. The maximum absolute atomic E-state index is 6.01. The summed E-state index contributed by atoms with van der Waals surface area (Å²) < 4.78 is 17.0. The van der Waals surface area contributed by atoms with E-state index < -0.39 is 5.60 Å². The Bertz CT molecular complexity index is 668. The number of ether oxygens (including phenoxy) is 3. The minimum atomic E-state index is -0.727. The van der Waals surface area contributed by atoms with Crippen LogP contribution >= 0.6 is 0 Å². The molecule has 0 saturated heterocycles. The molecule has 0 radical (unpaired) electrons. The fourth-order valence-corrected chi connectivity index (χ4v) is 2.20. The maximum atomic E-state index is 6.01. The monoisotopic (exact) mass is 324 g/mol. The molecule has 0 aromatic heterocycles. The van der Waals surface area contributed by atoms with Crippen LogP contribution in [-0.4, -0.2) is 13.2 Å². The first-order chi connectivity index (χ1) is 11.7. The molecule has 2 aromatic rings. The van der Waals surface area contributed by atoms with E-state index in [1.54, 1.807) is 0 Å². The molecule has 0 aliphatic carbocycles. The minimum Gasteiger partial charge on any atom is -0.494 e. The van der Waals surface area contributed by atoms with Crippen molar-refractivity contribution in [2.75, 3.05) is 13.2 Å². The molecule has 0 N–H and O–H groups in total. The maximum Gasteiger partial charge on any atom is 0.154 e. The second kappa shape index (κ2) is 9.00. The summed E-state index contributed by atoms with van der Waals surface area (Å²) in [5.41, 5.74) is 0.249. The van der Waals surface area contributed by atoms with Crippen molar-refractivity contribution in [3.63, 3.8) is 0 Å². The number of para-hydroxylation sites is 1. The van der Waals surface area contributed by atoms with Crippen LogP contribution in [0.5, 0.6) is 11.5 Å². The Labute approximate surface area is 144 Å². The van der Waals surface area contributed by atoms with E-state index in [9.17, 15) is 0 Å². The lowest BCUT2D eigenvalue weighted by Crippen LogP contribution is -2.24. The van der Waals surface area contributed by atoms with Gasteiger partial charge in [0, 0.05) is 6.61 Å². The van der Waals surface area contributed by atoms with Gasteiger partial charge in [0.05, 0.1) is 6.61 Å². The molecule has 0 bridgehead atoms. The molecule has 3 heteroatoms. The Morgan fingerprint density at radius 3 is 2.25 bits per heavy atom. The SMILES string of the molecule is CCCOC(C)(C#COc1ccccc1)c1ccc(OCC)cc1. The van der Waals surface area contributed by atoms with E-state index in [1.165, 1.54) is 0 Å². The van der Waals surface area contributed by atoms with Crippen LogP contribution in [0.15, 0.2) is 54.6 Å². The second-order valence-electron chi connectivity index (χ2n) is 5.48. The van der Waals surface area contributed by atoms with Gasteiger partial charge in [-0.25, -0.2) is 0 Å². The van der Waals surface area contributed by atoms with Gasteiger partial charge in [0.15, 0.2) is 5.60 Å². The van der Waals surface area contributed by atoms with Gasteiger partial charge in [-0.05, 0) is 56.0 Å². The van der Waals surface area contributed by atoms with Crippen LogP contribution in [0.25, 0.3) is 0 Å². The van der Waals surface area contributed by atoms with Crippen molar-refractivity contribution in [2.24, 2.45) is 0 Å². The zero-order valence-corrected chi connectivity index (χ0v) is 14.5. The van der Waals surface area contributed by atoms with Crippen molar-refractivity contribution in [3.05, 3.63) is 60.2 Å². The van der Waals surface area contributed by atoms with Gasteiger partial charge in [-0.2, -0.15) is 0 Å². The normalized spacial score (nSPS) is 12.6. The molecule has 126 valence electrons. The lowest BCUT2D eigenvalue weighted by Gasteiger charge is -2.24. The minimum absolute atomic E-state index is 0.629. The fourth-order valence-electron chi connectivity index (χ4n) is 2.20. The summed E-state index contributed by atoms with van der Waals surface area (Å²) in [6.45, 7) is 7.28. The van der Waals surface area contributed by atoms with Gasteiger partial charge >= 0.3 is 0 Å². The van der Waals surface area contributed by atoms with Crippen molar-refractivity contribution in [2.45, 2.75) is 32.8 Å². The molecule has 0 saturated carbocycles. The summed E-state index contributed by atoms with van der Waals surface area (Å²) >= 11 is 0. The van der Waals surface area contributed by atoms with E-state index in [0.717, 1.165) is 23.5 Å². The Hall–Kier alpha value is -2.44. The van der Waals surface area contributed by atoms with Crippen molar-refractivity contribution < 1.29 is 14.2 Å². The van der Waals surface area contributed by atoms with E-state index in [0.29, 0.717) is 13.2 Å². The smallest absolute Gasteiger partial charge is 0.154 e. The first-order valence-corrected chi connectivity index (χ1v) is 8.29. The van der Waals surface area contributed by atoms with Gasteiger partial charge in [-0.3, -0.25) is 0 Å². The van der Waals surface area contributed by atoms with Crippen molar-refractivity contribution >= 4 is 0 Å². The molecule has 1 unspecified atom stereocenters. The molecular formula is C21H24O3. The largest absolute Gasteiger partial charge is 0.494 e. The van der Waals surface area contributed by atoms with Crippen LogP contribution in [0, 0.1) is 12.0 Å². The molecule has 0 aliphatic heterocycles. The number of benzene rings is 2. The topological polar surface area (TPSA) is 27.7 Å². The molecule has 0 spiro atoms. The molecule has 3 nitrogen and oxygen atoms in total. The van der Waals surface area contributed by atoms with Crippen LogP contribution < -0.4 is 9.47 Å². The van der Waals surface area contributed by atoms with E-state index >= 15 is 0 Å². The lowest BCUT2D eigenvalue weighted by molar-refractivity contribution is 0.00973. The highest BCUT2D eigenvalue weighted by atomic mass is 16.5. The summed E-state index contributed by atoms with van der Waals surface area (Å²) in [5, 5.41) is 0. The van der Waals surface area contributed by atoms with Gasteiger partial charge in [-0.15, -0.1) is 0 Å². The average Bonchev–Trinajstić information content (AvgIpc) is 2.62. The Kier molecular flexibility index (Phi) is 6.72. The predicted octanol–water partition coefficient (Wildman–Crippen LogP) is 4.77. The van der Waals surface area contributed by atoms with Crippen LogP contribution in [-0.2, 0) is 10.3 Å². The van der Waals surface area contributed by atoms with E-state index in [-0.39, 0.29) is 0 Å². The molecule has 2 rings (SSSR count). The lowest BCUT2D eigenvalue weighted by atomic mass is 9.96. The molecule has 0 fully saturated rings. The molecular weight excluding hydrogens is 300 g/mol. The molecule has 0 amide bonds. The summed E-state index contributed by atoms with van der Waals surface area (Å²) in [5.74, 6) is 4.67. The molecule has 24 heavy (non-hydrogen) atoms. The summed E-state index contributed by atoms with van der Waals surface area (Å²) in [6.07, 6.45) is 3.71. The highest BCUT2D eigenvalue weighted by molar-refractivity contribution is 5.36. The molecule has 2 aromatic carbocycles. The number of hydrogen-bond acceptors (Lipinski definition) is 3. The highest BCUT2D eigenvalue weighted by Gasteiger charge is 2.25. The number of rotatable bonds is 7. The van der Waals surface area contributed by atoms with Gasteiger partial charge in [0.1, 0.15) is 17.6 Å². The van der Waals surface area contributed by atoms with Crippen LogP contribution in [0.1, 0.15) is 32.8 Å². The first-order valence-electron chi connectivity index (χ1n) is 8.29. The van der Waals surface area contributed by atoms with E-state index in [1.807, 2.05) is 68.4 Å². The van der Waals surface area contributed by atoms with Gasteiger partial charge in [0.25, 0.3) is 0 Å². The van der Waals surface area contributed by atoms with Gasteiger partial charge in [-0.1, -0.05) is 37.3 Å². The summed E-state index contributed by atoms with van der Waals surface area (Å²) in [4.78, 5) is 0. The Morgan fingerprint density at radius 1 is 0.917 bits per heavy atom. The molecule has 0 heterocycles. The highest BCUT2D eigenvalue weighted by Crippen LogP contribution is 2.27. The van der Waals surface area contributed by atoms with Crippen molar-refractivity contribution in [1.82, 2.24) is 0 Å². The first kappa shape index (κ1) is 17.9. The standard InChI is InChI=1S/C21H24O3/c1-4-16-24-21(3,15-17-23-19-9-7-6-8-10-19)18-11-13-20(14-12-18)22-5-2/h6-14H,4-5,16H2,1-3H3.